The van der Waals surface area contributed by atoms with Crippen LogP contribution in [0, 0.1) is 0 Å². The highest BCUT2D eigenvalue weighted by Gasteiger charge is 2.05. The van der Waals surface area contributed by atoms with Gasteiger partial charge in [0.2, 0.25) is 6.43 Å². The average Bonchev–Trinajstić information content (AvgIpc) is 2.15. The topological polar surface area (TPSA) is 26.0 Å². The number of benzene rings is 1. The Morgan fingerprint density at radius 3 is 2.62 bits per heavy atom. The van der Waals surface area contributed by atoms with E-state index in [0.29, 0.717) is 6.54 Å². The molecule has 1 nitrogen and oxygen atoms in total. The quantitative estimate of drug-likeness (QED) is 0.761. The Kier molecular flexibility index (Phi) is 4.18. The first-order valence-electron chi connectivity index (χ1n) is 3.93. The first kappa shape index (κ1) is 10.5. The Hall–Kier alpha value is -0.610. The zero-order valence-electron chi connectivity index (χ0n) is 7.04. The van der Waals surface area contributed by atoms with Crippen molar-refractivity contribution in [2.45, 2.75) is 17.9 Å². The molecule has 1 rings (SSSR count). The lowest BCUT2D eigenvalue weighted by Crippen LogP contribution is -2.00. The second kappa shape index (κ2) is 5.19. The first-order valence-corrected chi connectivity index (χ1v) is 4.91. The highest BCUT2D eigenvalue weighted by Crippen LogP contribution is 2.23. The van der Waals surface area contributed by atoms with Gasteiger partial charge < -0.3 is 5.73 Å². The van der Waals surface area contributed by atoms with E-state index in [1.165, 1.54) is 0 Å². The molecule has 0 aliphatic rings. The normalized spacial score (nSPS) is 10.8. The van der Waals surface area contributed by atoms with E-state index in [1.807, 2.05) is 24.3 Å². The third-order valence-electron chi connectivity index (χ3n) is 1.56. The predicted molar refractivity (Wildman–Crippen MR) is 51.1 cm³/mol. The van der Waals surface area contributed by atoms with Crippen LogP contribution < -0.4 is 5.73 Å². The maximum atomic E-state index is 11.9. The zero-order chi connectivity index (χ0) is 9.68. The van der Waals surface area contributed by atoms with Gasteiger partial charge in [-0.3, -0.25) is 0 Å². The molecule has 0 spiro atoms. The van der Waals surface area contributed by atoms with Gasteiger partial charge in [0, 0.05) is 11.4 Å². The van der Waals surface area contributed by atoms with E-state index in [9.17, 15) is 8.78 Å². The van der Waals surface area contributed by atoms with Crippen molar-refractivity contribution in [1.29, 1.82) is 0 Å². The summed E-state index contributed by atoms with van der Waals surface area (Å²) in [7, 11) is 0. The van der Waals surface area contributed by atoms with Gasteiger partial charge in [0.25, 0.3) is 0 Å². The molecular weight excluding hydrogens is 192 g/mol. The summed E-state index contributed by atoms with van der Waals surface area (Å²) in [6, 6.07) is 7.35. The first-order chi connectivity index (χ1) is 6.24. The van der Waals surface area contributed by atoms with Crippen LogP contribution in [0.1, 0.15) is 5.56 Å². The van der Waals surface area contributed by atoms with E-state index < -0.39 is 6.43 Å². The smallest absolute Gasteiger partial charge is 0.247 e. The summed E-state index contributed by atoms with van der Waals surface area (Å²) >= 11 is 1.15. The summed E-state index contributed by atoms with van der Waals surface area (Å²) in [4.78, 5) is 0.852. The standard InChI is InChI=1S/C9H11F2NS/c10-9(11)6-13-8-4-2-1-3-7(8)5-12/h1-4,9H,5-6,12H2. The third-order valence-corrected chi connectivity index (χ3v) is 2.69. The van der Waals surface area contributed by atoms with Crippen LogP contribution in [0.5, 0.6) is 0 Å². The number of alkyl halides is 2. The van der Waals surface area contributed by atoms with Gasteiger partial charge in [0.1, 0.15) is 0 Å². The van der Waals surface area contributed by atoms with Crippen molar-refractivity contribution in [3.63, 3.8) is 0 Å². The van der Waals surface area contributed by atoms with Gasteiger partial charge in [-0.15, -0.1) is 11.8 Å². The molecule has 0 heterocycles. The molecule has 0 aromatic heterocycles. The Morgan fingerprint density at radius 1 is 1.31 bits per heavy atom. The van der Waals surface area contributed by atoms with Crippen LogP contribution in [0.3, 0.4) is 0 Å². The van der Waals surface area contributed by atoms with E-state index in [2.05, 4.69) is 0 Å². The monoisotopic (exact) mass is 203 g/mol. The summed E-state index contributed by atoms with van der Waals surface area (Å²) in [6.07, 6.45) is -2.27. The molecule has 0 atom stereocenters. The third kappa shape index (κ3) is 3.32. The lowest BCUT2D eigenvalue weighted by atomic mass is 10.2. The fourth-order valence-corrected chi connectivity index (χ4v) is 1.78. The SMILES string of the molecule is NCc1ccccc1SCC(F)F. The summed E-state index contributed by atoms with van der Waals surface area (Å²) in [6.45, 7) is 0.395. The van der Waals surface area contributed by atoms with Gasteiger partial charge in [-0.25, -0.2) is 8.78 Å². The minimum absolute atomic E-state index is 0.170. The minimum atomic E-state index is -2.27. The van der Waals surface area contributed by atoms with Gasteiger partial charge in [-0.2, -0.15) is 0 Å². The van der Waals surface area contributed by atoms with Crippen molar-refractivity contribution in [1.82, 2.24) is 0 Å². The second-order valence-electron chi connectivity index (χ2n) is 2.51. The van der Waals surface area contributed by atoms with Crippen LogP contribution in [0.25, 0.3) is 0 Å². The molecule has 0 unspecified atom stereocenters. The van der Waals surface area contributed by atoms with E-state index in [-0.39, 0.29) is 5.75 Å². The Balaban J connectivity index is 2.64. The molecule has 2 N–H and O–H groups in total. The molecule has 0 amide bonds. The van der Waals surface area contributed by atoms with E-state index in [0.717, 1.165) is 22.2 Å². The molecule has 1 aromatic rings. The lowest BCUT2D eigenvalue weighted by molar-refractivity contribution is 0.177. The van der Waals surface area contributed by atoms with Gasteiger partial charge >= 0.3 is 0 Å². The van der Waals surface area contributed by atoms with Crippen LogP contribution in [0.4, 0.5) is 8.78 Å². The Bertz CT molecular complexity index is 266. The number of hydrogen-bond donors (Lipinski definition) is 1. The molecule has 0 saturated carbocycles. The number of thioether (sulfide) groups is 1. The Morgan fingerprint density at radius 2 is 2.00 bits per heavy atom. The number of nitrogens with two attached hydrogens (primary N) is 1. The fourth-order valence-electron chi connectivity index (χ4n) is 0.966. The maximum Gasteiger partial charge on any atom is 0.247 e. The average molecular weight is 203 g/mol. The molecule has 0 radical (unpaired) electrons. The Labute approximate surface area is 80.3 Å². The van der Waals surface area contributed by atoms with Crippen LogP contribution in [-0.2, 0) is 6.54 Å². The van der Waals surface area contributed by atoms with E-state index in [4.69, 9.17) is 5.73 Å². The minimum Gasteiger partial charge on any atom is -0.326 e. The number of hydrogen-bond acceptors (Lipinski definition) is 2. The molecule has 13 heavy (non-hydrogen) atoms. The van der Waals surface area contributed by atoms with E-state index in [1.54, 1.807) is 0 Å². The van der Waals surface area contributed by atoms with E-state index >= 15 is 0 Å². The van der Waals surface area contributed by atoms with Gasteiger partial charge in [-0.1, -0.05) is 18.2 Å². The van der Waals surface area contributed by atoms with Crippen molar-refractivity contribution in [3.8, 4) is 0 Å². The molecular formula is C9H11F2NS. The van der Waals surface area contributed by atoms with Crippen LogP contribution in [0.15, 0.2) is 29.2 Å². The van der Waals surface area contributed by atoms with Crippen molar-refractivity contribution in [3.05, 3.63) is 29.8 Å². The predicted octanol–water partition coefficient (Wildman–Crippen LogP) is 2.50. The van der Waals surface area contributed by atoms with Crippen molar-refractivity contribution >= 4 is 11.8 Å². The molecule has 72 valence electrons. The number of halogens is 2. The zero-order valence-corrected chi connectivity index (χ0v) is 7.86. The molecule has 0 saturated heterocycles. The van der Waals surface area contributed by atoms with Gasteiger partial charge in [0.05, 0.1) is 5.75 Å². The highest BCUT2D eigenvalue weighted by molar-refractivity contribution is 7.99. The summed E-state index contributed by atoms with van der Waals surface area (Å²) in [5, 5.41) is 0. The molecule has 0 aliphatic carbocycles. The van der Waals surface area contributed by atoms with Crippen molar-refractivity contribution in [2.75, 3.05) is 5.75 Å². The van der Waals surface area contributed by atoms with Crippen molar-refractivity contribution < 1.29 is 8.78 Å². The lowest BCUT2D eigenvalue weighted by Gasteiger charge is -2.05. The van der Waals surface area contributed by atoms with Crippen LogP contribution in [-0.4, -0.2) is 12.2 Å². The molecule has 0 aliphatic heterocycles. The van der Waals surface area contributed by atoms with Crippen LogP contribution >= 0.6 is 11.8 Å². The summed E-state index contributed by atoms with van der Waals surface area (Å²) in [5.74, 6) is -0.170. The maximum absolute atomic E-state index is 11.9. The number of rotatable bonds is 4. The van der Waals surface area contributed by atoms with Gasteiger partial charge in [0.15, 0.2) is 0 Å². The molecule has 0 bridgehead atoms. The van der Waals surface area contributed by atoms with Crippen molar-refractivity contribution in [2.24, 2.45) is 5.73 Å². The highest BCUT2D eigenvalue weighted by atomic mass is 32.2. The van der Waals surface area contributed by atoms with Gasteiger partial charge in [-0.05, 0) is 11.6 Å². The summed E-state index contributed by atoms with van der Waals surface area (Å²) < 4.78 is 23.8. The molecule has 4 heteroatoms. The van der Waals surface area contributed by atoms with Crippen LogP contribution in [0.2, 0.25) is 0 Å². The fraction of sp³-hybridized carbons (Fsp3) is 0.333. The molecule has 1 aromatic carbocycles. The molecule has 0 fully saturated rings. The summed E-state index contributed by atoms with van der Waals surface area (Å²) in [5.41, 5.74) is 6.38. The largest absolute Gasteiger partial charge is 0.326 e. The second-order valence-corrected chi connectivity index (χ2v) is 3.58.